The van der Waals surface area contributed by atoms with Crippen molar-refractivity contribution in [2.45, 2.75) is 6.92 Å². The molecule has 0 atom stereocenters. The minimum atomic E-state index is -0.299. The van der Waals surface area contributed by atoms with Crippen LogP contribution in [0.4, 0.5) is 0 Å². The highest BCUT2D eigenvalue weighted by Gasteiger charge is 2.16. The van der Waals surface area contributed by atoms with Gasteiger partial charge in [-0.25, -0.2) is 0 Å². The van der Waals surface area contributed by atoms with Crippen LogP contribution in [0.1, 0.15) is 15.9 Å². The molecule has 0 aliphatic carbocycles. The molecule has 1 N–H and O–H groups in total. The van der Waals surface area contributed by atoms with E-state index in [4.69, 9.17) is 16.3 Å². The third-order valence-corrected chi connectivity index (χ3v) is 3.49. The predicted octanol–water partition coefficient (Wildman–Crippen LogP) is 3.51. The van der Waals surface area contributed by atoms with Crippen molar-refractivity contribution in [1.29, 1.82) is 0 Å². The fourth-order valence-corrected chi connectivity index (χ4v) is 2.09. The summed E-state index contributed by atoms with van der Waals surface area (Å²) in [7, 11) is 1.65. The molecule has 0 bridgehead atoms. The standard InChI is InChI=1S/C17H18ClNO3/c1-12-3-6-14(7-4-12)22-10-9-19(2)17(21)15-11-13(18)5-8-16(15)20/h3-8,11,20H,9-10H2,1-2H3. The summed E-state index contributed by atoms with van der Waals surface area (Å²) in [4.78, 5) is 13.7. The molecule has 1 amide bonds. The van der Waals surface area contributed by atoms with E-state index in [0.717, 1.165) is 11.3 Å². The lowest BCUT2D eigenvalue weighted by atomic mass is 10.2. The van der Waals surface area contributed by atoms with Crippen molar-refractivity contribution in [2.75, 3.05) is 20.2 Å². The Morgan fingerprint density at radius 2 is 1.91 bits per heavy atom. The number of carbonyl (C=O) groups excluding carboxylic acids is 1. The Bertz CT molecular complexity index is 655. The van der Waals surface area contributed by atoms with E-state index >= 15 is 0 Å². The fourth-order valence-electron chi connectivity index (χ4n) is 1.92. The van der Waals surface area contributed by atoms with Gasteiger partial charge in [0.25, 0.3) is 5.91 Å². The summed E-state index contributed by atoms with van der Waals surface area (Å²) in [5.41, 5.74) is 1.35. The van der Waals surface area contributed by atoms with Gasteiger partial charge < -0.3 is 14.7 Å². The summed E-state index contributed by atoms with van der Waals surface area (Å²) in [6, 6.07) is 12.1. The third-order valence-electron chi connectivity index (χ3n) is 3.25. The predicted molar refractivity (Wildman–Crippen MR) is 86.8 cm³/mol. The number of nitrogens with zero attached hydrogens (tertiary/aromatic N) is 1. The second kappa shape index (κ2) is 7.18. The Morgan fingerprint density at radius 1 is 1.23 bits per heavy atom. The Balaban J connectivity index is 1.91. The first-order valence-corrected chi connectivity index (χ1v) is 7.28. The highest BCUT2D eigenvalue weighted by molar-refractivity contribution is 6.31. The van der Waals surface area contributed by atoms with Crippen molar-refractivity contribution >= 4 is 17.5 Å². The number of phenols is 1. The van der Waals surface area contributed by atoms with E-state index < -0.39 is 0 Å². The number of benzene rings is 2. The zero-order valence-corrected chi connectivity index (χ0v) is 13.3. The first-order chi connectivity index (χ1) is 10.5. The van der Waals surface area contributed by atoms with Gasteiger partial charge in [0, 0.05) is 12.1 Å². The Kier molecular flexibility index (Phi) is 5.28. The molecule has 0 aromatic heterocycles. The van der Waals surface area contributed by atoms with Crippen LogP contribution in [0.15, 0.2) is 42.5 Å². The van der Waals surface area contributed by atoms with E-state index in [1.165, 1.54) is 23.1 Å². The van der Waals surface area contributed by atoms with Gasteiger partial charge in [0.1, 0.15) is 18.1 Å². The monoisotopic (exact) mass is 319 g/mol. The molecule has 2 aromatic rings. The molecule has 0 saturated carbocycles. The number of hydrogen-bond donors (Lipinski definition) is 1. The average molecular weight is 320 g/mol. The molecule has 0 unspecified atom stereocenters. The highest BCUT2D eigenvalue weighted by Crippen LogP contribution is 2.22. The maximum absolute atomic E-state index is 12.3. The van der Waals surface area contributed by atoms with Crippen molar-refractivity contribution in [3.63, 3.8) is 0 Å². The zero-order chi connectivity index (χ0) is 16.1. The molecule has 4 nitrogen and oxygen atoms in total. The number of phenolic OH excluding ortho intramolecular Hbond substituents is 1. The smallest absolute Gasteiger partial charge is 0.257 e. The van der Waals surface area contributed by atoms with Gasteiger partial charge in [-0.15, -0.1) is 0 Å². The highest BCUT2D eigenvalue weighted by atomic mass is 35.5. The molecule has 0 aliphatic rings. The maximum atomic E-state index is 12.3. The summed E-state index contributed by atoms with van der Waals surface area (Å²) in [5.74, 6) is 0.380. The van der Waals surface area contributed by atoms with Crippen LogP contribution in [0, 0.1) is 6.92 Å². The Morgan fingerprint density at radius 3 is 2.59 bits per heavy atom. The van der Waals surface area contributed by atoms with Crippen LogP contribution >= 0.6 is 11.6 Å². The molecule has 0 radical (unpaired) electrons. The topological polar surface area (TPSA) is 49.8 Å². The lowest BCUT2D eigenvalue weighted by Crippen LogP contribution is -2.30. The molecule has 0 aliphatic heterocycles. The van der Waals surface area contributed by atoms with Crippen LogP contribution < -0.4 is 4.74 Å². The number of hydrogen-bond acceptors (Lipinski definition) is 3. The fraction of sp³-hybridized carbons (Fsp3) is 0.235. The quantitative estimate of drug-likeness (QED) is 0.917. The summed E-state index contributed by atoms with van der Waals surface area (Å²) >= 11 is 5.86. The van der Waals surface area contributed by atoms with Crippen LogP contribution in [-0.2, 0) is 0 Å². The molecule has 2 aromatic carbocycles. The molecule has 116 valence electrons. The van der Waals surface area contributed by atoms with E-state index in [9.17, 15) is 9.90 Å². The van der Waals surface area contributed by atoms with Crippen molar-refractivity contribution in [3.8, 4) is 11.5 Å². The number of halogens is 1. The van der Waals surface area contributed by atoms with Gasteiger partial charge in [-0.05, 0) is 37.3 Å². The van der Waals surface area contributed by atoms with E-state index in [0.29, 0.717) is 18.2 Å². The van der Waals surface area contributed by atoms with Gasteiger partial charge in [-0.3, -0.25) is 4.79 Å². The van der Waals surface area contributed by atoms with Gasteiger partial charge in [0.15, 0.2) is 0 Å². The average Bonchev–Trinajstić information content (AvgIpc) is 2.51. The van der Waals surface area contributed by atoms with Crippen LogP contribution in [-0.4, -0.2) is 36.1 Å². The normalized spacial score (nSPS) is 10.3. The van der Waals surface area contributed by atoms with Gasteiger partial charge in [0.2, 0.25) is 0 Å². The number of ether oxygens (including phenoxy) is 1. The largest absolute Gasteiger partial charge is 0.507 e. The lowest BCUT2D eigenvalue weighted by Gasteiger charge is -2.18. The van der Waals surface area contributed by atoms with Crippen LogP contribution in [0.25, 0.3) is 0 Å². The lowest BCUT2D eigenvalue weighted by molar-refractivity contribution is 0.0771. The number of carbonyl (C=O) groups is 1. The number of amides is 1. The Labute approximate surface area is 134 Å². The van der Waals surface area contributed by atoms with Crippen molar-refractivity contribution < 1.29 is 14.6 Å². The van der Waals surface area contributed by atoms with Crippen molar-refractivity contribution in [2.24, 2.45) is 0 Å². The first kappa shape index (κ1) is 16.2. The summed E-state index contributed by atoms with van der Waals surface area (Å²) in [6.45, 7) is 2.78. The van der Waals surface area contributed by atoms with Crippen LogP contribution in [0.5, 0.6) is 11.5 Å². The number of likely N-dealkylation sites (N-methyl/N-ethyl adjacent to an activating group) is 1. The Hall–Kier alpha value is -2.20. The second-order valence-electron chi connectivity index (χ2n) is 5.05. The molecule has 2 rings (SSSR count). The van der Waals surface area contributed by atoms with E-state index in [1.54, 1.807) is 7.05 Å². The summed E-state index contributed by atoms with van der Waals surface area (Å²) < 4.78 is 5.59. The minimum absolute atomic E-state index is 0.0827. The van der Waals surface area contributed by atoms with E-state index in [-0.39, 0.29) is 17.2 Å². The van der Waals surface area contributed by atoms with Crippen LogP contribution in [0.2, 0.25) is 5.02 Å². The molecule has 0 saturated heterocycles. The summed E-state index contributed by atoms with van der Waals surface area (Å²) in [6.07, 6.45) is 0. The number of aromatic hydroxyl groups is 1. The number of rotatable bonds is 5. The van der Waals surface area contributed by atoms with E-state index in [1.807, 2.05) is 31.2 Å². The molecular weight excluding hydrogens is 302 g/mol. The molecule has 0 heterocycles. The van der Waals surface area contributed by atoms with Gasteiger partial charge in [-0.1, -0.05) is 29.3 Å². The zero-order valence-electron chi connectivity index (χ0n) is 12.5. The van der Waals surface area contributed by atoms with Gasteiger partial charge in [-0.2, -0.15) is 0 Å². The van der Waals surface area contributed by atoms with Gasteiger partial charge >= 0.3 is 0 Å². The number of aryl methyl sites for hydroxylation is 1. The molecular formula is C17H18ClNO3. The molecule has 0 fully saturated rings. The molecule has 22 heavy (non-hydrogen) atoms. The summed E-state index contributed by atoms with van der Waals surface area (Å²) in [5, 5.41) is 10.2. The second-order valence-corrected chi connectivity index (χ2v) is 5.49. The van der Waals surface area contributed by atoms with Crippen LogP contribution in [0.3, 0.4) is 0 Å². The molecule has 5 heteroatoms. The third kappa shape index (κ3) is 4.15. The van der Waals surface area contributed by atoms with E-state index in [2.05, 4.69) is 0 Å². The first-order valence-electron chi connectivity index (χ1n) is 6.91. The molecule has 0 spiro atoms. The maximum Gasteiger partial charge on any atom is 0.257 e. The SMILES string of the molecule is Cc1ccc(OCCN(C)C(=O)c2cc(Cl)ccc2O)cc1. The van der Waals surface area contributed by atoms with Crippen molar-refractivity contribution in [3.05, 3.63) is 58.6 Å². The van der Waals surface area contributed by atoms with Gasteiger partial charge in [0.05, 0.1) is 12.1 Å². The van der Waals surface area contributed by atoms with Crippen molar-refractivity contribution in [1.82, 2.24) is 4.90 Å². The minimum Gasteiger partial charge on any atom is -0.507 e.